The standard InChI is InChI=1S/C20H24FIN4O9/c21-13-8-11(22)3-4-12(13)18(31)23-7-1-2-15(28)26-16(35-10-27)9-24-20(34)25-14(19(32)33)5-6-17(29)30/h3-4,8,10,14,16H,1-2,5-7,9H2,(H,23,31)(H,26,28)(H,29,30)(H,32,33)(H2,24,25,34)/t14-,16-/m0/s1. The van der Waals surface area contributed by atoms with Gasteiger partial charge in [-0.2, -0.15) is 0 Å². The quantitative estimate of drug-likeness (QED) is 0.0694. The lowest BCUT2D eigenvalue weighted by Gasteiger charge is -2.19. The largest absolute Gasteiger partial charge is 0.481 e. The van der Waals surface area contributed by atoms with Crippen LogP contribution >= 0.6 is 22.6 Å². The Morgan fingerprint density at radius 3 is 2.40 bits per heavy atom. The van der Waals surface area contributed by atoms with Crippen molar-refractivity contribution in [3.8, 4) is 0 Å². The van der Waals surface area contributed by atoms with Crippen molar-refractivity contribution in [3.63, 3.8) is 0 Å². The minimum absolute atomic E-state index is 0.0350. The topological polar surface area (TPSA) is 200 Å². The maximum Gasteiger partial charge on any atom is 0.326 e. The van der Waals surface area contributed by atoms with E-state index < -0.39 is 60.8 Å². The number of urea groups is 1. The van der Waals surface area contributed by atoms with Crippen LogP contribution in [0.5, 0.6) is 0 Å². The first-order valence-electron chi connectivity index (χ1n) is 10.1. The van der Waals surface area contributed by atoms with Gasteiger partial charge in [0.25, 0.3) is 12.4 Å². The van der Waals surface area contributed by atoms with Gasteiger partial charge in [0, 0.05) is 23.0 Å². The van der Waals surface area contributed by atoms with Crippen LogP contribution in [0.2, 0.25) is 0 Å². The number of carbonyl (C=O) groups is 6. The van der Waals surface area contributed by atoms with Crippen LogP contribution < -0.4 is 21.3 Å². The Morgan fingerprint density at radius 2 is 1.80 bits per heavy atom. The fourth-order valence-electron chi connectivity index (χ4n) is 2.59. The Hall–Kier alpha value is -3.50. The monoisotopic (exact) mass is 610 g/mol. The Labute approximate surface area is 212 Å². The number of carbonyl (C=O) groups excluding carboxylic acids is 4. The van der Waals surface area contributed by atoms with Crippen molar-refractivity contribution in [2.24, 2.45) is 0 Å². The summed E-state index contributed by atoms with van der Waals surface area (Å²) in [6, 6.07) is 1.68. The molecule has 2 atom stereocenters. The van der Waals surface area contributed by atoms with Crippen molar-refractivity contribution in [2.75, 3.05) is 13.1 Å². The van der Waals surface area contributed by atoms with Crippen LogP contribution in [0.3, 0.4) is 0 Å². The zero-order valence-corrected chi connectivity index (χ0v) is 20.4. The third-order valence-electron chi connectivity index (χ3n) is 4.28. The summed E-state index contributed by atoms with van der Waals surface area (Å²) in [6.45, 7) is -0.317. The molecule has 6 N–H and O–H groups in total. The lowest BCUT2D eigenvalue weighted by molar-refractivity contribution is -0.141. The fourth-order valence-corrected chi connectivity index (χ4v) is 3.04. The predicted octanol–water partition coefficient (Wildman–Crippen LogP) is 0.173. The molecule has 0 fully saturated rings. The van der Waals surface area contributed by atoms with Crippen molar-refractivity contribution in [3.05, 3.63) is 33.1 Å². The van der Waals surface area contributed by atoms with Crippen LogP contribution in [0.4, 0.5) is 9.18 Å². The number of hydrogen-bond acceptors (Lipinski definition) is 7. The molecule has 0 bridgehead atoms. The zero-order chi connectivity index (χ0) is 26.4. The average Bonchev–Trinajstić information content (AvgIpc) is 2.77. The first kappa shape index (κ1) is 29.5. The second-order valence-electron chi connectivity index (χ2n) is 6.95. The van der Waals surface area contributed by atoms with Gasteiger partial charge in [0.1, 0.15) is 11.9 Å². The first-order valence-corrected chi connectivity index (χ1v) is 11.2. The molecule has 4 amide bonds. The number of hydrogen-bond donors (Lipinski definition) is 6. The summed E-state index contributed by atoms with van der Waals surface area (Å²) in [4.78, 5) is 68.3. The summed E-state index contributed by atoms with van der Waals surface area (Å²) in [5.41, 5.74) is -0.133. The minimum atomic E-state index is -1.46. The minimum Gasteiger partial charge on any atom is -0.481 e. The van der Waals surface area contributed by atoms with Gasteiger partial charge in [-0.3, -0.25) is 19.2 Å². The Bertz CT molecular complexity index is 947. The number of amides is 4. The van der Waals surface area contributed by atoms with E-state index in [2.05, 4.69) is 26.0 Å². The summed E-state index contributed by atoms with van der Waals surface area (Å²) in [7, 11) is 0. The lowest BCUT2D eigenvalue weighted by atomic mass is 10.1. The molecule has 1 rings (SSSR count). The number of ether oxygens (including phenoxy) is 1. The molecular formula is C20H24FIN4O9. The highest BCUT2D eigenvalue weighted by molar-refractivity contribution is 14.1. The van der Waals surface area contributed by atoms with Gasteiger partial charge in [-0.15, -0.1) is 0 Å². The molecule has 0 aliphatic rings. The van der Waals surface area contributed by atoms with Gasteiger partial charge in [-0.25, -0.2) is 14.0 Å². The molecule has 0 aromatic heterocycles. The van der Waals surface area contributed by atoms with Gasteiger partial charge in [-0.05, 0) is 53.6 Å². The van der Waals surface area contributed by atoms with E-state index >= 15 is 0 Å². The summed E-state index contributed by atoms with van der Waals surface area (Å²) in [6.07, 6.45) is -2.03. The fraction of sp³-hybridized carbons (Fsp3) is 0.400. The molecule has 1 aromatic carbocycles. The SMILES string of the molecule is O=CO[C@@H](CNC(=O)N[C@@H](CCC(=O)O)C(=O)O)NC(=O)CCCNC(=O)c1ccc(I)cc1F. The number of nitrogens with one attached hydrogen (secondary N) is 4. The molecule has 0 saturated carbocycles. The van der Waals surface area contributed by atoms with Crippen LogP contribution in [0.15, 0.2) is 18.2 Å². The van der Waals surface area contributed by atoms with Gasteiger partial charge in [0.05, 0.1) is 12.1 Å². The van der Waals surface area contributed by atoms with Crippen LogP contribution in [0.1, 0.15) is 36.0 Å². The van der Waals surface area contributed by atoms with E-state index in [1.54, 1.807) is 6.07 Å². The van der Waals surface area contributed by atoms with Crippen molar-refractivity contribution in [1.29, 1.82) is 0 Å². The number of benzene rings is 1. The molecule has 1 aromatic rings. The number of rotatable bonds is 15. The highest BCUT2D eigenvalue weighted by Gasteiger charge is 2.22. The number of carboxylic acid groups (broad SMARTS) is 2. The summed E-state index contributed by atoms with van der Waals surface area (Å²) < 4.78 is 19.1. The molecule has 35 heavy (non-hydrogen) atoms. The smallest absolute Gasteiger partial charge is 0.326 e. The van der Waals surface area contributed by atoms with Crippen molar-refractivity contribution in [1.82, 2.24) is 21.3 Å². The van der Waals surface area contributed by atoms with Crippen LogP contribution in [-0.4, -0.2) is 71.8 Å². The second-order valence-corrected chi connectivity index (χ2v) is 8.20. The van der Waals surface area contributed by atoms with Crippen LogP contribution in [-0.2, 0) is 23.9 Å². The van der Waals surface area contributed by atoms with Crippen molar-refractivity contribution in [2.45, 2.75) is 38.0 Å². The molecule has 192 valence electrons. The van der Waals surface area contributed by atoms with E-state index in [4.69, 9.17) is 10.2 Å². The number of carboxylic acids is 2. The third-order valence-corrected chi connectivity index (χ3v) is 4.95. The van der Waals surface area contributed by atoms with E-state index in [9.17, 15) is 33.2 Å². The molecule has 0 aliphatic heterocycles. The van der Waals surface area contributed by atoms with Crippen LogP contribution in [0.25, 0.3) is 0 Å². The van der Waals surface area contributed by atoms with E-state index in [0.717, 1.165) is 0 Å². The van der Waals surface area contributed by atoms with E-state index in [1.807, 2.05) is 22.6 Å². The van der Waals surface area contributed by atoms with E-state index in [1.165, 1.54) is 12.1 Å². The Morgan fingerprint density at radius 1 is 1.09 bits per heavy atom. The molecule has 15 heteroatoms. The third kappa shape index (κ3) is 12.0. The normalized spacial score (nSPS) is 11.9. The zero-order valence-electron chi connectivity index (χ0n) is 18.2. The van der Waals surface area contributed by atoms with E-state index in [0.29, 0.717) is 3.57 Å². The highest BCUT2D eigenvalue weighted by Crippen LogP contribution is 2.12. The van der Waals surface area contributed by atoms with Gasteiger partial charge >= 0.3 is 18.0 Å². The van der Waals surface area contributed by atoms with Gasteiger partial charge < -0.3 is 36.2 Å². The van der Waals surface area contributed by atoms with E-state index in [-0.39, 0.29) is 37.8 Å². The maximum absolute atomic E-state index is 13.8. The first-order chi connectivity index (χ1) is 16.5. The molecule has 0 heterocycles. The molecule has 0 radical (unpaired) electrons. The molecule has 13 nitrogen and oxygen atoms in total. The molecule has 0 aliphatic carbocycles. The summed E-state index contributed by atoms with van der Waals surface area (Å²) in [5.74, 6) is -4.57. The summed E-state index contributed by atoms with van der Waals surface area (Å²) >= 11 is 1.91. The second kappa shape index (κ2) is 15.4. The number of aliphatic carboxylic acids is 2. The lowest BCUT2D eigenvalue weighted by Crippen LogP contribution is -2.51. The van der Waals surface area contributed by atoms with Gasteiger partial charge in [0.15, 0.2) is 6.23 Å². The maximum atomic E-state index is 13.8. The molecule has 0 spiro atoms. The van der Waals surface area contributed by atoms with Gasteiger partial charge in [-0.1, -0.05) is 0 Å². The predicted molar refractivity (Wildman–Crippen MR) is 125 cm³/mol. The number of halogens is 2. The molecule has 0 saturated heterocycles. The van der Waals surface area contributed by atoms with Crippen LogP contribution in [0, 0.1) is 9.39 Å². The van der Waals surface area contributed by atoms with Crippen molar-refractivity contribution >= 4 is 58.8 Å². The summed E-state index contributed by atoms with van der Waals surface area (Å²) in [5, 5.41) is 26.7. The Balaban J connectivity index is 2.42. The highest BCUT2D eigenvalue weighted by atomic mass is 127. The average molecular weight is 610 g/mol. The van der Waals surface area contributed by atoms with Gasteiger partial charge in [0.2, 0.25) is 5.91 Å². The Kier molecular flexibility index (Phi) is 13.0. The van der Waals surface area contributed by atoms with Crippen molar-refractivity contribution < 1.29 is 48.1 Å². The molecular weight excluding hydrogens is 586 g/mol. The molecule has 0 unspecified atom stereocenters.